The second-order valence-corrected chi connectivity index (χ2v) is 7.40. The van der Waals surface area contributed by atoms with Crippen LogP contribution < -0.4 is 0 Å². The summed E-state index contributed by atoms with van der Waals surface area (Å²) in [6.45, 7) is 7.46. The molecule has 0 fully saturated rings. The highest BCUT2D eigenvalue weighted by atomic mass is 35.7. The van der Waals surface area contributed by atoms with Crippen molar-refractivity contribution < 1.29 is 17.9 Å². The summed E-state index contributed by atoms with van der Waals surface area (Å²) in [5.74, 6) is -0.817. The van der Waals surface area contributed by atoms with Gasteiger partial charge in [0.15, 0.2) is 5.69 Å². The maximum Gasteiger partial charge on any atom is 0.360 e. The lowest BCUT2D eigenvalue weighted by Crippen LogP contribution is -2.13. The number of nitrogens with zero attached hydrogens (tertiary/aromatic N) is 1. The van der Waals surface area contributed by atoms with Gasteiger partial charge in [0, 0.05) is 10.7 Å². The lowest BCUT2D eigenvalue weighted by atomic mass is 10.1. The number of carbonyl (C=O) groups is 1. The molecule has 1 rings (SSSR count). The number of halogens is 1. The van der Waals surface area contributed by atoms with Gasteiger partial charge in [0.1, 0.15) is 4.90 Å². The van der Waals surface area contributed by atoms with E-state index in [4.69, 9.17) is 15.4 Å². The Kier molecular flexibility index (Phi) is 4.98. The van der Waals surface area contributed by atoms with Crippen molar-refractivity contribution in [2.45, 2.75) is 38.5 Å². The quantitative estimate of drug-likeness (QED) is 0.666. The Morgan fingerprint density at radius 1 is 1.37 bits per heavy atom. The maximum atomic E-state index is 11.8. The Morgan fingerprint density at radius 2 is 1.95 bits per heavy atom. The minimum Gasteiger partial charge on any atom is -0.461 e. The normalized spacial score (nSPS) is 12.2. The van der Waals surface area contributed by atoms with Gasteiger partial charge in [-0.25, -0.2) is 13.2 Å². The number of carbonyl (C=O) groups excluding carboxylic acids is 1. The van der Waals surface area contributed by atoms with Crippen LogP contribution >= 0.6 is 10.7 Å². The van der Waals surface area contributed by atoms with Gasteiger partial charge in [0.25, 0.3) is 9.05 Å². The van der Waals surface area contributed by atoms with Crippen LogP contribution in [0.25, 0.3) is 0 Å². The molecule has 0 aromatic carbocycles. The van der Waals surface area contributed by atoms with E-state index in [-0.39, 0.29) is 29.0 Å². The molecule has 0 radical (unpaired) electrons. The summed E-state index contributed by atoms with van der Waals surface area (Å²) in [6.07, 6.45) is 0. The molecule has 0 amide bonds. The fraction of sp³-hybridized carbons (Fsp3) is 0.636. The summed E-state index contributed by atoms with van der Waals surface area (Å²) < 4.78 is 28.1. The van der Waals surface area contributed by atoms with E-state index < -0.39 is 15.0 Å². The number of nitrogens with one attached hydrogen (secondary N) is 1. The Bertz CT molecular complexity index is 563. The topological polar surface area (TPSA) is 89.1 Å². The number of H-pyrrole nitrogens is 1. The molecule has 0 aliphatic heterocycles. The summed E-state index contributed by atoms with van der Waals surface area (Å²) >= 11 is 0. The number of rotatable bonds is 5. The van der Waals surface area contributed by atoms with Gasteiger partial charge in [-0.1, -0.05) is 27.7 Å². The highest BCUT2D eigenvalue weighted by Gasteiger charge is 2.30. The summed E-state index contributed by atoms with van der Waals surface area (Å²) in [7, 11) is 1.29. The second kappa shape index (κ2) is 5.92. The molecule has 0 saturated carbocycles. The van der Waals surface area contributed by atoms with E-state index in [1.165, 1.54) is 0 Å². The third-order valence-electron chi connectivity index (χ3n) is 2.31. The van der Waals surface area contributed by atoms with Crippen molar-refractivity contribution in [3.05, 3.63) is 11.4 Å². The molecule has 1 N–H and O–H groups in total. The molecule has 0 aliphatic carbocycles. The number of ether oxygens (including phenoxy) is 1. The van der Waals surface area contributed by atoms with Crippen molar-refractivity contribution in [3.63, 3.8) is 0 Å². The van der Waals surface area contributed by atoms with E-state index in [1.54, 1.807) is 13.8 Å². The first kappa shape index (κ1) is 16.0. The van der Waals surface area contributed by atoms with Crippen LogP contribution in [0.2, 0.25) is 0 Å². The van der Waals surface area contributed by atoms with E-state index in [0.29, 0.717) is 5.69 Å². The summed E-state index contributed by atoms with van der Waals surface area (Å²) in [5, 5.41) is 6.25. The molecule has 6 nitrogen and oxygen atoms in total. The zero-order valence-corrected chi connectivity index (χ0v) is 12.8. The molecule has 0 aliphatic rings. The molecule has 19 heavy (non-hydrogen) atoms. The van der Waals surface area contributed by atoms with Gasteiger partial charge in [0.2, 0.25) is 0 Å². The molecular formula is C11H17ClN2O4S. The average Bonchev–Trinajstić information content (AvgIpc) is 2.69. The first-order valence-corrected chi connectivity index (χ1v) is 8.15. The zero-order chi connectivity index (χ0) is 14.8. The smallest absolute Gasteiger partial charge is 0.360 e. The van der Waals surface area contributed by atoms with Crippen molar-refractivity contribution in [1.82, 2.24) is 10.2 Å². The van der Waals surface area contributed by atoms with Crippen LogP contribution in [-0.4, -0.2) is 31.2 Å². The number of aromatic nitrogens is 2. The van der Waals surface area contributed by atoms with Gasteiger partial charge in [-0.3, -0.25) is 5.10 Å². The number of esters is 1. The molecule has 0 bridgehead atoms. The highest BCUT2D eigenvalue weighted by molar-refractivity contribution is 8.13. The largest absolute Gasteiger partial charge is 0.461 e. The van der Waals surface area contributed by atoms with Crippen LogP contribution in [0.3, 0.4) is 0 Å². The third kappa shape index (κ3) is 3.94. The standard InChI is InChI=1S/C11H17ClN2O4S/c1-6(2)5-18-11(15)9-10(19(12,16)17)8(7(3)4)13-14-9/h6-7H,5H2,1-4H3,(H,13,14). The predicted octanol–water partition coefficient (Wildman–Crippen LogP) is 2.27. The maximum absolute atomic E-state index is 11.8. The van der Waals surface area contributed by atoms with Gasteiger partial charge < -0.3 is 4.74 Å². The Labute approximate surface area is 116 Å². The predicted molar refractivity (Wildman–Crippen MR) is 70.8 cm³/mol. The van der Waals surface area contributed by atoms with E-state index in [0.717, 1.165) is 0 Å². The molecule has 0 atom stereocenters. The fourth-order valence-electron chi connectivity index (χ4n) is 1.43. The lowest BCUT2D eigenvalue weighted by Gasteiger charge is -2.07. The number of hydrogen-bond donors (Lipinski definition) is 1. The first-order valence-electron chi connectivity index (χ1n) is 5.84. The van der Waals surface area contributed by atoms with Gasteiger partial charge in [0.05, 0.1) is 12.3 Å². The van der Waals surface area contributed by atoms with Crippen LogP contribution in [0.4, 0.5) is 0 Å². The molecule has 1 aromatic rings. The average molecular weight is 309 g/mol. The van der Waals surface area contributed by atoms with E-state index in [2.05, 4.69) is 10.2 Å². The highest BCUT2D eigenvalue weighted by Crippen LogP contribution is 2.28. The van der Waals surface area contributed by atoms with Crippen molar-refractivity contribution in [2.75, 3.05) is 6.61 Å². The van der Waals surface area contributed by atoms with Gasteiger partial charge in [-0.15, -0.1) is 0 Å². The van der Waals surface area contributed by atoms with E-state index in [1.807, 2.05) is 13.8 Å². The Morgan fingerprint density at radius 3 is 2.37 bits per heavy atom. The molecule has 108 valence electrons. The zero-order valence-electron chi connectivity index (χ0n) is 11.2. The van der Waals surface area contributed by atoms with Crippen molar-refractivity contribution >= 4 is 25.7 Å². The number of aromatic amines is 1. The van der Waals surface area contributed by atoms with Crippen molar-refractivity contribution in [1.29, 1.82) is 0 Å². The molecule has 0 unspecified atom stereocenters. The Balaban J connectivity index is 3.19. The SMILES string of the molecule is CC(C)COC(=O)c1n[nH]c(C(C)C)c1S(=O)(=O)Cl. The molecule has 1 heterocycles. The summed E-state index contributed by atoms with van der Waals surface area (Å²) in [5.41, 5.74) is 0.00541. The van der Waals surface area contributed by atoms with Gasteiger partial charge in [-0.05, 0) is 11.8 Å². The van der Waals surface area contributed by atoms with Crippen LogP contribution in [0.5, 0.6) is 0 Å². The van der Waals surface area contributed by atoms with Crippen molar-refractivity contribution in [3.8, 4) is 0 Å². The third-order valence-corrected chi connectivity index (χ3v) is 3.67. The summed E-state index contributed by atoms with van der Waals surface area (Å²) in [4.78, 5) is 11.5. The van der Waals surface area contributed by atoms with Crippen LogP contribution in [0, 0.1) is 5.92 Å². The summed E-state index contributed by atoms with van der Waals surface area (Å²) in [6, 6.07) is 0. The van der Waals surface area contributed by atoms with Crippen molar-refractivity contribution in [2.24, 2.45) is 5.92 Å². The fourth-order valence-corrected chi connectivity index (χ4v) is 2.80. The van der Waals surface area contributed by atoms with Gasteiger partial charge >= 0.3 is 5.97 Å². The molecule has 0 spiro atoms. The van der Waals surface area contributed by atoms with E-state index in [9.17, 15) is 13.2 Å². The lowest BCUT2D eigenvalue weighted by molar-refractivity contribution is 0.0447. The van der Waals surface area contributed by atoms with Crippen LogP contribution in [-0.2, 0) is 13.8 Å². The number of hydrogen-bond acceptors (Lipinski definition) is 5. The monoisotopic (exact) mass is 308 g/mol. The second-order valence-electron chi connectivity index (χ2n) is 4.90. The van der Waals surface area contributed by atoms with Crippen LogP contribution in [0.15, 0.2) is 4.90 Å². The molecule has 1 aromatic heterocycles. The minimum atomic E-state index is -4.07. The molecular weight excluding hydrogens is 292 g/mol. The van der Waals surface area contributed by atoms with Crippen LogP contribution in [0.1, 0.15) is 49.8 Å². The molecule has 0 saturated heterocycles. The Hall–Kier alpha value is -1.08. The minimum absolute atomic E-state index is 0.142. The van der Waals surface area contributed by atoms with E-state index >= 15 is 0 Å². The first-order chi connectivity index (χ1) is 8.64. The molecule has 8 heteroatoms. The van der Waals surface area contributed by atoms with Gasteiger partial charge in [-0.2, -0.15) is 5.10 Å².